The number of benzene rings is 1. The lowest BCUT2D eigenvalue weighted by atomic mass is 9.64. The lowest BCUT2D eigenvalue weighted by molar-refractivity contribution is 0.253. The third-order valence-electron chi connectivity index (χ3n) is 4.09. The number of hydrogen-bond acceptors (Lipinski definition) is 2. The molecule has 2 aromatic rings. The number of nitrogens with zero attached hydrogens (tertiary/aromatic N) is 1. The smallest absolute Gasteiger partial charge is 0.330 e. The fraction of sp³-hybridized carbons (Fsp3) is 0.357. The Bertz CT molecular complexity index is 602. The van der Waals surface area contributed by atoms with Crippen LogP contribution in [0.25, 0.3) is 5.69 Å². The van der Waals surface area contributed by atoms with Gasteiger partial charge in [0.15, 0.2) is 0 Å². The van der Waals surface area contributed by atoms with Crippen molar-refractivity contribution in [2.75, 3.05) is 6.54 Å². The molecule has 1 aromatic heterocycles. The van der Waals surface area contributed by atoms with Gasteiger partial charge in [-0.2, -0.15) is 0 Å². The average Bonchev–Trinajstić information content (AvgIpc) is 2.75. The number of nitrogens with two attached hydrogens (primary N) is 1. The molecule has 4 heteroatoms. The van der Waals surface area contributed by atoms with Gasteiger partial charge < -0.3 is 10.7 Å². The van der Waals surface area contributed by atoms with Crippen molar-refractivity contribution in [2.45, 2.75) is 24.7 Å². The summed E-state index contributed by atoms with van der Waals surface area (Å²) >= 11 is 0. The van der Waals surface area contributed by atoms with Crippen LogP contribution < -0.4 is 11.4 Å². The molecule has 1 heterocycles. The molecule has 0 amide bonds. The van der Waals surface area contributed by atoms with Crippen LogP contribution in [0.4, 0.5) is 0 Å². The van der Waals surface area contributed by atoms with Crippen LogP contribution in [0, 0.1) is 0 Å². The van der Waals surface area contributed by atoms with E-state index in [-0.39, 0.29) is 11.1 Å². The van der Waals surface area contributed by atoms with Gasteiger partial charge in [-0.3, -0.25) is 4.57 Å². The normalized spacial score (nSPS) is 17.4. The third kappa shape index (κ3) is 1.61. The summed E-state index contributed by atoms with van der Waals surface area (Å²) in [6.45, 7) is 0.679. The first-order valence-corrected chi connectivity index (χ1v) is 6.32. The van der Waals surface area contributed by atoms with E-state index in [4.69, 9.17) is 5.73 Å². The molecule has 18 heavy (non-hydrogen) atoms. The van der Waals surface area contributed by atoms with Crippen LogP contribution in [0.3, 0.4) is 0 Å². The fourth-order valence-corrected chi connectivity index (χ4v) is 2.72. The summed E-state index contributed by atoms with van der Waals surface area (Å²) in [5.41, 5.74) is 8.10. The van der Waals surface area contributed by atoms with Crippen LogP contribution in [0.5, 0.6) is 0 Å². The predicted octanol–water partition coefficient (Wildman–Crippen LogP) is 1.55. The summed E-state index contributed by atoms with van der Waals surface area (Å²) in [5.74, 6) is 0. The van der Waals surface area contributed by atoms with Crippen LogP contribution in [-0.4, -0.2) is 16.1 Å². The molecule has 0 spiro atoms. The van der Waals surface area contributed by atoms with Crippen LogP contribution in [0.1, 0.15) is 24.8 Å². The minimum Gasteiger partial charge on any atom is -0.330 e. The van der Waals surface area contributed by atoms with Gasteiger partial charge in [-0.25, -0.2) is 4.79 Å². The van der Waals surface area contributed by atoms with Crippen molar-refractivity contribution < 1.29 is 0 Å². The van der Waals surface area contributed by atoms with Gasteiger partial charge in [-0.05, 0) is 30.5 Å². The molecule has 0 saturated heterocycles. The molecule has 0 unspecified atom stereocenters. The highest BCUT2D eigenvalue weighted by Crippen LogP contribution is 2.43. The number of hydrogen-bond donors (Lipinski definition) is 2. The van der Waals surface area contributed by atoms with E-state index in [2.05, 4.69) is 17.1 Å². The van der Waals surface area contributed by atoms with Crippen molar-refractivity contribution in [1.29, 1.82) is 0 Å². The van der Waals surface area contributed by atoms with Gasteiger partial charge >= 0.3 is 5.69 Å². The molecule has 1 saturated carbocycles. The summed E-state index contributed by atoms with van der Waals surface area (Å²) in [7, 11) is 0. The molecule has 1 aliphatic rings. The highest BCUT2D eigenvalue weighted by atomic mass is 16.1. The number of H-pyrrole nitrogens is 1. The highest BCUT2D eigenvalue weighted by molar-refractivity contribution is 5.40. The van der Waals surface area contributed by atoms with Crippen LogP contribution in [-0.2, 0) is 5.41 Å². The second-order valence-corrected chi connectivity index (χ2v) is 5.02. The number of imidazole rings is 1. The van der Waals surface area contributed by atoms with Crippen molar-refractivity contribution in [1.82, 2.24) is 9.55 Å². The first kappa shape index (κ1) is 11.3. The van der Waals surface area contributed by atoms with Gasteiger partial charge in [0.25, 0.3) is 0 Å². The van der Waals surface area contributed by atoms with Gasteiger partial charge in [0.05, 0.1) is 5.69 Å². The van der Waals surface area contributed by atoms with E-state index < -0.39 is 0 Å². The van der Waals surface area contributed by atoms with Gasteiger partial charge in [-0.1, -0.05) is 18.6 Å². The maximum atomic E-state index is 11.6. The Balaban J connectivity index is 2.05. The average molecular weight is 243 g/mol. The van der Waals surface area contributed by atoms with Gasteiger partial charge in [0.2, 0.25) is 0 Å². The summed E-state index contributed by atoms with van der Waals surface area (Å²) in [6.07, 6.45) is 6.93. The summed E-state index contributed by atoms with van der Waals surface area (Å²) in [6, 6.07) is 8.15. The second kappa shape index (κ2) is 4.14. The number of nitrogens with one attached hydrogen (secondary N) is 1. The minimum atomic E-state index is -0.109. The largest absolute Gasteiger partial charge is 0.330 e. The molecule has 1 aromatic carbocycles. The Morgan fingerprint density at radius 1 is 1.39 bits per heavy atom. The van der Waals surface area contributed by atoms with Gasteiger partial charge in [0.1, 0.15) is 0 Å². The fourth-order valence-electron chi connectivity index (χ4n) is 2.72. The number of aromatic amines is 1. The Morgan fingerprint density at radius 2 is 2.22 bits per heavy atom. The van der Waals surface area contributed by atoms with E-state index >= 15 is 0 Å². The molecule has 94 valence electrons. The quantitative estimate of drug-likeness (QED) is 0.859. The molecular weight excluding hydrogens is 226 g/mol. The Hall–Kier alpha value is -1.81. The summed E-state index contributed by atoms with van der Waals surface area (Å²) in [5, 5.41) is 0. The minimum absolute atomic E-state index is 0.109. The molecule has 3 N–H and O–H groups in total. The highest BCUT2D eigenvalue weighted by Gasteiger charge is 2.37. The SMILES string of the molecule is NCC1(c2cccc(-n3cc[nH]c3=O)c2)CCC1. The van der Waals surface area contributed by atoms with Crippen LogP contribution >= 0.6 is 0 Å². The number of aromatic nitrogens is 2. The molecule has 1 fully saturated rings. The van der Waals surface area contributed by atoms with E-state index in [1.165, 1.54) is 12.0 Å². The molecule has 3 rings (SSSR count). The summed E-state index contributed by atoms with van der Waals surface area (Å²) < 4.78 is 1.62. The second-order valence-electron chi connectivity index (χ2n) is 5.02. The van der Waals surface area contributed by atoms with E-state index in [0.717, 1.165) is 18.5 Å². The first-order valence-electron chi connectivity index (χ1n) is 6.32. The Labute approximate surface area is 105 Å². The van der Waals surface area contributed by atoms with E-state index in [1.54, 1.807) is 17.0 Å². The molecule has 0 radical (unpaired) electrons. The van der Waals surface area contributed by atoms with Crippen LogP contribution in [0.2, 0.25) is 0 Å². The molecule has 4 nitrogen and oxygen atoms in total. The summed E-state index contributed by atoms with van der Waals surface area (Å²) in [4.78, 5) is 14.3. The standard InChI is InChI=1S/C14H17N3O/c15-10-14(5-2-6-14)11-3-1-4-12(9-11)17-8-7-16-13(17)18/h1,3-4,7-9H,2,5-6,10,15H2,(H,16,18). The first-order chi connectivity index (χ1) is 8.75. The lowest BCUT2D eigenvalue weighted by Crippen LogP contribution is -2.41. The van der Waals surface area contributed by atoms with Gasteiger partial charge in [0, 0.05) is 24.4 Å². The molecule has 0 bridgehead atoms. The van der Waals surface area contributed by atoms with Crippen molar-refractivity contribution in [3.63, 3.8) is 0 Å². The molecular formula is C14H17N3O. The van der Waals surface area contributed by atoms with Crippen LogP contribution in [0.15, 0.2) is 41.5 Å². The molecule has 0 atom stereocenters. The van der Waals surface area contributed by atoms with E-state index in [0.29, 0.717) is 6.54 Å². The topological polar surface area (TPSA) is 63.8 Å². The predicted molar refractivity (Wildman–Crippen MR) is 71.0 cm³/mol. The van der Waals surface area contributed by atoms with Crippen molar-refractivity contribution in [3.05, 3.63) is 52.7 Å². The number of rotatable bonds is 3. The molecule has 0 aliphatic heterocycles. The molecule has 1 aliphatic carbocycles. The zero-order chi connectivity index (χ0) is 12.6. The Morgan fingerprint density at radius 3 is 2.78 bits per heavy atom. The van der Waals surface area contributed by atoms with Crippen molar-refractivity contribution in [3.8, 4) is 5.69 Å². The monoisotopic (exact) mass is 243 g/mol. The maximum Gasteiger partial charge on any atom is 0.330 e. The van der Waals surface area contributed by atoms with E-state index in [9.17, 15) is 4.79 Å². The van der Waals surface area contributed by atoms with Gasteiger partial charge in [-0.15, -0.1) is 0 Å². The van der Waals surface area contributed by atoms with Crippen molar-refractivity contribution in [2.24, 2.45) is 5.73 Å². The zero-order valence-electron chi connectivity index (χ0n) is 10.2. The Kier molecular flexibility index (Phi) is 2.59. The van der Waals surface area contributed by atoms with Crippen molar-refractivity contribution >= 4 is 0 Å². The lowest BCUT2D eigenvalue weighted by Gasteiger charge is -2.41. The zero-order valence-corrected chi connectivity index (χ0v) is 10.2. The third-order valence-corrected chi connectivity index (χ3v) is 4.09. The van der Waals surface area contributed by atoms with E-state index in [1.807, 2.05) is 12.1 Å². The maximum absolute atomic E-state index is 11.6.